The Labute approximate surface area is 97.8 Å². The van der Waals surface area contributed by atoms with E-state index < -0.39 is 0 Å². The SMILES string of the molecule is C=C(C)CN1C(=C)C2C3C=CC(C3)C2C1=C. The summed E-state index contributed by atoms with van der Waals surface area (Å²) in [4.78, 5) is 2.30. The van der Waals surface area contributed by atoms with Crippen molar-refractivity contribution in [3.8, 4) is 0 Å². The zero-order valence-corrected chi connectivity index (χ0v) is 9.95. The van der Waals surface area contributed by atoms with Gasteiger partial charge in [0.25, 0.3) is 0 Å². The number of rotatable bonds is 2. The minimum Gasteiger partial charge on any atom is -0.345 e. The molecule has 1 heterocycles. The van der Waals surface area contributed by atoms with Crippen molar-refractivity contribution in [3.63, 3.8) is 0 Å². The lowest BCUT2D eigenvalue weighted by atomic mass is 9.83. The Balaban J connectivity index is 1.91. The number of allylic oxidation sites excluding steroid dienone is 4. The quantitative estimate of drug-likeness (QED) is 0.636. The van der Waals surface area contributed by atoms with Crippen molar-refractivity contribution in [3.05, 3.63) is 48.9 Å². The van der Waals surface area contributed by atoms with Gasteiger partial charge in [0.15, 0.2) is 0 Å². The fourth-order valence-corrected chi connectivity index (χ4v) is 3.75. The third-order valence-corrected chi connectivity index (χ3v) is 4.35. The van der Waals surface area contributed by atoms with Crippen molar-refractivity contribution >= 4 is 0 Å². The number of likely N-dealkylation sites (tertiary alicyclic amines) is 1. The Morgan fingerprint density at radius 2 is 1.75 bits per heavy atom. The second-order valence-electron chi connectivity index (χ2n) is 5.53. The molecule has 0 N–H and O–H groups in total. The van der Waals surface area contributed by atoms with E-state index in [-0.39, 0.29) is 0 Å². The van der Waals surface area contributed by atoms with Crippen molar-refractivity contribution in [2.45, 2.75) is 13.3 Å². The Morgan fingerprint density at radius 3 is 2.19 bits per heavy atom. The van der Waals surface area contributed by atoms with Crippen LogP contribution in [0.1, 0.15) is 13.3 Å². The van der Waals surface area contributed by atoms with Crippen LogP contribution in [0.15, 0.2) is 48.9 Å². The Morgan fingerprint density at radius 1 is 1.25 bits per heavy atom. The summed E-state index contributed by atoms with van der Waals surface area (Å²) in [6, 6.07) is 0. The molecular weight excluding hydrogens is 194 g/mol. The summed E-state index contributed by atoms with van der Waals surface area (Å²) in [5.74, 6) is 2.69. The maximum Gasteiger partial charge on any atom is 0.0429 e. The Kier molecular flexibility index (Phi) is 1.95. The van der Waals surface area contributed by atoms with E-state index in [1.165, 1.54) is 23.4 Å². The zero-order chi connectivity index (χ0) is 11.4. The van der Waals surface area contributed by atoms with Crippen molar-refractivity contribution in [2.24, 2.45) is 23.7 Å². The van der Waals surface area contributed by atoms with E-state index in [2.05, 4.69) is 43.7 Å². The fourth-order valence-electron chi connectivity index (χ4n) is 3.75. The van der Waals surface area contributed by atoms with Gasteiger partial charge in [-0.2, -0.15) is 0 Å². The predicted octanol–water partition coefficient (Wildman–Crippen LogP) is 3.34. The Bertz CT molecular complexity index is 385. The summed E-state index contributed by atoms with van der Waals surface area (Å²) >= 11 is 0. The molecule has 0 spiro atoms. The molecule has 4 unspecified atom stereocenters. The number of fused-ring (bicyclic) bond motifs is 5. The predicted molar refractivity (Wildman–Crippen MR) is 67.5 cm³/mol. The maximum absolute atomic E-state index is 4.29. The summed E-state index contributed by atoms with van der Waals surface area (Å²) in [6.45, 7) is 15.5. The molecule has 0 aromatic heterocycles. The van der Waals surface area contributed by atoms with Crippen LogP contribution in [0.25, 0.3) is 0 Å². The van der Waals surface area contributed by atoms with Gasteiger partial charge in [0.1, 0.15) is 0 Å². The van der Waals surface area contributed by atoms with Crippen LogP contribution in [0.5, 0.6) is 0 Å². The lowest BCUT2D eigenvalue weighted by Crippen LogP contribution is -2.20. The van der Waals surface area contributed by atoms with Crippen LogP contribution in [0, 0.1) is 23.7 Å². The van der Waals surface area contributed by atoms with Crippen LogP contribution in [-0.4, -0.2) is 11.4 Å². The lowest BCUT2D eigenvalue weighted by molar-refractivity contribution is 0.445. The molecule has 1 nitrogen and oxygen atoms in total. The van der Waals surface area contributed by atoms with E-state index in [1.54, 1.807) is 0 Å². The van der Waals surface area contributed by atoms with Gasteiger partial charge >= 0.3 is 0 Å². The molecule has 2 fully saturated rings. The number of hydrogen-bond donors (Lipinski definition) is 0. The standard InChI is InChI=1S/C15H19N/c1-9(2)8-16-10(3)14-12-5-6-13(7-12)15(14)11(16)4/h5-6,12-15H,1,3-4,7-8H2,2H3. The summed E-state index contributed by atoms with van der Waals surface area (Å²) in [5.41, 5.74) is 3.73. The second kappa shape index (κ2) is 3.13. The second-order valence-corrected chi connectivity index (χ2v) is 5.53. The van der Waals surface area contributed by atoms with Gasteiger partial charge in [-0.15, -0.1) is 0 Å². The van der Waals surface area contributed by atoms with E-state index in [4.69, 9.17) is 0 Å². The van der Waals surface area contributed by atoms with Crippen LogP contribution in [0.2, 0.25) is 0 Å². The average molecular weight is 213 g/mol. The summed E-state index contributed by atoms with van der Waals surface area (Å²) in [7, 11) is 0. The van der Waals surface area contributed by atoms with Gasteiger partial charge in [-0.1, -0.05) is 37.5 Å². The normalized spacial score (nSPS) is 39.7. The van der Waals surface area contributed by atoms with Crippen molar-refractivity contribution < 1.29 is 0 Å². The van der Waals surface area contributed by atoms with Gasteiger partial charge in [0.05, 0.1) is 0 Å². The molecular formula is C15H19N. The average Bonchev–Trinajstić information content (AvgIpc) is 2.87. The van der Waals surface area contributed by atoms with Gasteiger partial charge in [0, 0.05) is 29.8 Å². The molecule has 2 aliphatic carbocycles. The highest BCUT2D eigenvalue weighted by atomic mass is 15.2. The smallest absolute Gasteiger partial charge is 0.0429 e. The maximum atomic E-state index is 4.29. The molecule has 0 aromatic carbocycles. The summed E-state index contributed by atoms with van der Waals surface area (Å²) in [5, 5.41) is 0. The largest absolute Gasteiger partial charge is 0.345 e. The number of nitrogens with zero attached hydrogens (tertiary/aromatic N) is 1. The van der Waals surface area contributed by atoms with Crippen LogP contribution in [0.4, 0.5) is 0 Å². The first-order valence-electron chi connectivity index (χ1n) is 6.07. The third kappa shape index (κ3) is 1.12. The molecule has 0 radical (unpaired) electrons. The van der Waals surface area contributed by atoms with E-state index in [0.717, 1.165) is 18.4 Å². The highest BCUT2D eigenvalue weighted by Gasteiger charge is 2.53. The van der Waals surface area contributed by atoms with E-state index in [9.17, 15) is 0 Å². The molecule has 0 amide bonds. The van der Waals surface area contributed by atoms with Gasteiger partial charge in [-0.25, -0.2) is 0 Å². The monoisotopic (exact) mass is 213 g/mol. The molecule has 3 rings (SSSR count). The Hall–Kier alpha value is -1.24. The van der Waals surface area contributed by atoms with E-state index >= 15 is 0 Å². The van der Waals surface area contributed by atoms with Gasteiger partial charge in [-0.05, 0) is 25.2 Å². The molecule has 1 saturated carbocycles. The van der Waals surface area contributed by atoms with Crippen LogP contribution >= 0.6 is 0 Å². The molecule has 0 aromatic rings. The highest BCUT2D eigenvalue weighted by molar-refractivity contribution is 5.35. The molecule has 84 valence electrons. The van der Waals surface area contributed by atoms with Crippen molar-refractivity contribution in [1.82, 2.24) is 4.90 Å². The molecule has 1 heteroatoms. The van der Waals surface area contributed by atoms with Gasteiger partial charge in [0.2, 0.25) is 0 Å². The summed E-state index contributed by atoms with van der Waals surface area (Å²) in [6.07, 6.45) is 6.08. The van der Waals surface area contributed by atoms with Crippen molar-refractivity contribution in [2.75, 3.05) is 6.54 Å². The molecule has 1 aliphatic heterocycles. The third-order valence-electron chi connectivity index (χ3n) is 4.35. The number of hydrogen-bond acceptors (Lipinski definition) is 1. The van der Waals surface area contributed by atoms with Gasteiger partial charge < -0.3 is 4.90 Å². The molecule has 1 saturated heterocycles. The van der Waals surface area contributed by atoms with Crippen molar-refractivity contribution in [1.29, 1.82) is 0 Å². The fraction of sp³-hybridized carbons (Fsp3) is 0.467. The molecule has 2 bridgehead atoms. The molecule has 16 heavy (non-hydrogen) atoms. The van der Waals surface area contributed by atoms with E-state index in [0.29, 0.717) is 11.8 Å². The molecule has 3 aliphatic rings. The van der Waals surface area contributed by atoms with Crippen LogP contribution in [0.3, 0.4) is 0 Å². The topological polar surface area (TPSA) is 3.24 Å². The summed E-state index contributed by atoms with van der Waals surface area (Å²) < 4.78 is 0. The minimum absolute atomic E-state index is 0.627. The minimum atomic E-state index is 0.627. The van der Waals surface area contributed by atoms with Crippen LogP contribution in [-0.2, 0) is 0 Å². The zero-order valence-electron chi connectivity index (χ0n) is 9.95. The van der Waals surface area contributed by atoms with E-state index in [1.807, 2.05) is 0 Å². The lowest BCUT2D eigenvalue weighted by Gasteiger charge is -2.24. The first-order valence-corrected chi connectivity index (χ1v) is 6.07. The van der Waals surface area contributed by atoms with Crippen LogP contribution < -0.4 is 0 Å². The van der Waals surface area contributed by atoms with Gasteiger partial charge in [-0.3, -0.25) is 0 Å². The highest BCUT2D eigenvalue weighted by Crippen LogP contribution is 2.58. The molecule has 4 atom stereocenters. The first-order chi connectivity index (χ1) is 7.59. The first kappa shape index (κ1) is 9.95.